The lowest BCUT2D eigenvalue weighted by Gasteiger charge is -2.17. The minimum atomic E-state index is 0. The van der Waals surface area contributed by atoms with E-state index >= 15 is 0 Å². The number of hydrogen-bond donors (Lipinski definition) is 1. The molecule has 3 heteroatoms. The summed E-state index contributed by atoms with van der Waals surface area (Å²) in [6.45, 7) is 1.20. The first-order valence-electron chi connectivity index (χ1n) is 7.27. The van der Waals surface area contributed by atoms with Crippen LogP contribution >= 0.6 is 12.4 Å². The summed E-state index contributed by atoms with van der Waals surface area (Å²) in [4.78, 5) is 0. The smallest absolute Gasteiger partial charge is 0.148 e. The van der Waals surface area contributed by atoms with Crippen molar-refractivity contribution >= 4 is 12.4 Å². The second kappa shape index (κ2) is 9.69. The number of halogens is 1. The van der Waals surface area contributed by atoms with Gasteiger partial charge in [0, 0.05) is 18.2 Å². The topological polar surface area (TPSA) is 21.3 Å². The van der Waals surface area contributed by atoms with Crippen molar-refractivity contribution in [2.75, 3.05) is 6.61 Å². The van der Waals surface area contributed by atoms with Crippen molar-refractivity contribution in [3.8, 4) is 18.1 Å². The number of nitrogens with one attached hydrogen (secondary N) is 1. The largest absolute Gasteiger partial charge is 0.481 e. The van der Waals surface area contributed by atoms with Crippen molar-refractivity contribution in [3.05, 3.63) is 29.8 Å². The van der Waals surface area contributed by atoms with E-state index in [1.165, 1.54) is 44.1 Å². The fourth-order valence-electron chi connectivity index (χ4n) is 2.65. The second-order valence-corrected chi connectivity index (χ2v) is 5.17. The van der Waals surface area contributed by atoms with Crippen LogP contribution in [0, 0.1) is 12.3 Å². The molecule has 0 aliphatic heterocycles. The fourth-order valence-corrected chi connectivity index (χ4v) is 2.65. The zero-order valence-electron chi connectivity index (χ0n) is 11.9. The first-order chi connectivity index (χ1) is 9.40. The van der Waals surface area contributed by atoms with Gasteiger partial charge in [-0.2, -0.15) is 0 Å². The summed E-state index contributed by atoms with van der Waals surface area (Å²) in [6.07, 6.45) is 13.3. The predicted octanol–water partition coefficient (Wildman–Crippen LogP) is 3.93. The van der Waals surface area contributed by atoms with Crippen molar-refractivity contribution in [3.63, 3.8) is 0 Å². The van der Waals surface area contributed by atoms with E-state index in [9.17, 15) is 0 Å². The summed E-state index contributed by atoms with van der Waals surface area (Å²) in [5.41, 5.74) is 1.20. The molecule has 0 atom stereocenters. The van der Waals surface area contributed by atoms with Crippen LogP contribution in [0.3, 0.4) is 0 Å². The van der Waals surface area contributed by atoms with E-state index in [-0.39, 0.29) is 12.4 Å². The molecule has 1 fully saturated rings. The van der Waals surface area contributed by atoms with Crippen molar-refractivity contribution in [2.45, 2.75) is 51.1 Å². The van der Waals surface area contributed by atoms with Crippen molar-refractivity contribution in [1.29, 1.82) is 0 Å². The van der Waals surface area contributed by atoms with Crippen molar-refractivity contribution in [1.82, 2.24) is 5.32 Å². The summed E-state index contributed by atoms with van der Waals surface area (Å²) in [5, 5.41) is 3.66. The second-order valence-electron chi connectivity index (χ2n) is 5.17. The molecule has 2 rings (SSSR count). The lowest BCUT2D eigenvalue weighted by Crippen LogP contribution is -2.28. The van der Waals surface area contributed by atoms with Crippen LogP contribution in [0.1, 0.15) is 44.1 Å². The molecule has 0 unspecified atom stereocenters. The summed E-state index contributed by atoms with van der Waals surface area (Å²) in [6, 6.07) is 8.79. The molecule has 1 aromatic carbocycles. The molecule has 1 aromatic rings. The average Bonchev–Trinajstić information content (AvgIpc) is 2.72. The normalized spacial score (nSPS) is 15.8. The Kier molecular flexibility index (Phi) is 8.18. The lowest BCUT2D eigenvalue weighted by atomic mass is 10.1. The third kappa shape index (κ3) is 5.45. The van der Waals surface area contributed by atoms with Gasteiger partial charge in [-0.1, -0.05) is 49.8 Å². The number of terminal acetylenes is 1. The molecule has 1 aliphatic rings. The Balaban J connectivity index is 0.00000200. The van der Waals surface area contributed by atoms with Crippen molar-refractivity contribution < 1.29 is 4.74 Å². The minimum absolute atomic E-state index is 0. The molecule has 0 aromatic heterocycles. The molecule has 0 bridgehead atoms. The number of para-hydroxylation sites is 1. The van der Waals surface area contributed by atoms with Crippen LogP contribution in [0.5, 0.6) is 5.75 Å². The maximum absolute atomic E-state index is 5.57. The van der Waals surface area contributed by atoms with Gasteiger partial charge in [-0.15, -0.1) is 18.8 Å². The van der Waals surface area contributed by atoms with Crippen LogP contribution in [0.25, 0.3) is 0 Å². The van der Waals surface area contributed by atoms with Gasteiger partial charge in [0.05, 0.1) is 0 Å². The maximum atomic E-state index is 5.57. The van der Waals surface area contributed by atoms with Crippen LogP contribution in [0.2, 0.25) is 0 Å². The average molecular weight is 294 g/mol. The highest BCUT2D eigenvalue weighted by Crippen LogP contribution is 2.20. The Morgan fingerprint density at radius 2 is 1.85 bits per heavy atom. The molecule has 1 saturated carbocycles. The molecule has 0 radical (unpaired) electrons. The quantitative estimate of drug-likeness (QED) is 0.656. The van der Waals surface area contributed by atoms with Crippen LogP contribution in [0.15, 0.2) is 24.3 Å². The highest BCUT2D eigenvalue weighted by atomic mass is 35.5. The number of hydrogen-bond acceptors (Lipinski definition) is 2. The van der Waals surface area contributed by atoms with Gasteiger partial charge in [-0.3, -0.25) is 0 Å². The van der Waals surface area contributed by atoms with E-state index in [4.69, 9.17) is 11.2 Å². The van der Waals surface area contributed by atoms with Gasteiger partial charge >= 0.3 is 0 Å². The number of ether oxygens (including phenoxy) is 1. The first-order valence-corrected chi connectivity index (χ1v) is 7.27. The Labute approximate surface area is 128 Å². The Hall–Kier alpha value is -1.17. The van der Waals surface area contributed by atoms with Gasteiger partial charge in [0.15, 0.2) is 0 Å². The molecule has 20 heavy (non-hydrogen) atoms. The van der Waals surface area contributed by atoms with Gasteiger partial charge in [-0.25, -0.2) is 0 Å². The van der Waals surface area contributed by atoms with Crippen LogP contribution in [0.4, 0.5) is 0 Å². The molecule has 2 nitrogen and oxygen atoms in total. The molecule has 0 saturated heterocycles. The summed E-state index contributed by atoms with van der Waals surface area (Å²) in [5.74, 6) is 3.42. The number of rotatable bonds is 5. The van der Waals surface area contributed by atoms with Gasteiger partial charge in [-0.05, 0) is 18.9 Å². The zero-order valence-corrected chi connectivity index (χ0v) is 12.8. The van der Waals surface area contributed by atoms with Crippen LogP contribution in [-0.2, 0) is 6.54 Å². The molecule has 1 N–H and O–H groups in total. The summed E-state index contributed by atoms with van der Waals surface area (Å²) in [7, 11) is 0. The van der Waals surface area contributed by atoms with Crippen LogP contribution in [-0.4, -0.2) is 12.6 Å². The van der Waals surface area contributed by atoms with E-state index in [0.29, 0.717) is 12.6 Å². The van der Waals surface area contributed by atoms with Gasteiger partial charge in [0.2, 0.25) is 0 Å². The number of benzene rings is 1. The van der Waals surface area contributed by atoms with E-state index in [1.54, 1.807) is 0 Å². The standard InChI is InChI=1S/C17H23NO.ClH/c1-2-13-19-17-12-8-7-9-15(17)14-18-16-10-5-3-4-6-11-16;/h1,7-9,12,16,18H,3-6,10-11,13-14H2;1H. The monoisotopic (exact) mass is 293 g/mol. The molecule has 0 amide bonds. The summed E-state index contributed by atoms with van der Waals surface area (Å²) >= 11 is 0. The van der Waals surface area contributed by atoms with Crippen molar-refractivity contribution in [2.24, 2.45) is 0 Å². The molecule has 0 heterocycles. The maximum Gasteiger partial charge on any atom is 0.148 e. The summed E-state index contributed by atoms with van der Waals surface area (Å²) < 4.78 is 5.57. The minimum Gasteiger partial charge on any atom is -0.481 e. The first kappa shape index (κ1) is 16.9. The molecule has 0 spiro atoms. The predicted molar refractivity (Wildman–Crippen MR) is 86.3 cm³/mol. The highest BCUT2D eigenvalue weighted by Gasteiger charge is 2.12. The third-order valence-corrected chi connectivity index (χ3v) is 3.72. The van der Waals surface area contributed by atoms with Gasteiger partial charge in [0.1, 0.15) is 12.4 Å². The third-order valence-electron chi connectivity index (χ3n) is 3.72. The molecular weight excluding hydrogens is 270 g/mol. The van der Waals surface area contributed by atoms with Gasteiger partial charge < -0.3 is 10.1 Å². The van der Waals surface area contributed by atoms with Gasteiger partial charge in [0.25, 0.3) is 0 Å². The zero-order chi connectivity index (χ0) is 13.3. The van der Waals surface area contributed by atoms with E-state index < -0.39 is 0 Å². The van der Waals surface area contributed by atoms with E-state index in [1.807, 2.05) is 18.2 Å². The Morgan fingerprint density at radius 1 is 1.15 bits per heavy atom. The Bertz CT molecular complexity index is 419. The SMILES string of the molecule is C#CCOc1ccccc1CNC1CCCCCC1.Cl. The Morgan fingerprint density at radius 3 is 2.55 bits per heavy atom. The lowest BCUT2D eigenvalue weighted by molar-refractivity contribution is 0.362. The van der Waals surface area contributed by atoms with E-state index in [0.717, 1.165) is 12.3 Å². The highest BCUT2D eigenvalue weighted by molar-refractivity contribution is 5.85. The molecular formula is C17H24ClNO. The fraction of sp³-hybridized carbons (Fsp3) is 0.529. The van der Waals surface area contributed by atoms with Crippen LogP contribution < -0.4 is 10.1 Å². The van der Waals surface area contributed by atoms with E-state index in [2.05, 4.69) is 17.3 Å². The molecule has 1 aliphatic carbocycles. The molecule has 110 valence electrons.